The summed E-state index contributed by atoms with van der Waals surface area (Å²) in [5.41, 5.74) is 3.75. The van der Waals surface area contributed by atoms with Crippen molar-refractivity contribution in [3.8, 4) is 5.75 Å². The summed E-state index contributed by atoms with van der Waals surface area (Å²) in [7, 11) is 1.57. The van der Waals surface area contributed by atoms with Gasteiger partial charge in [0.1, 0.15) is 5.75 Å². The third-order valence-corrected chi connectivity index (χ3v) is 3.10. The van der Waals surface area contributed by atoms with E-state index in [0.717, 1.165) is 5.56 Å². The lowest BCUT2D eigenvalue weighted by molar-refractivity contribution is 0.0955. The molecule has 0 radical (unpaired) electrons. The Morgan fingerprint density at radius 2 is 2.30 bits per heavy atom. The van der Waals surface area contributed by atoms with Crippen molar-refractivity contribution in [3.63, 3.8) is 0 Å². The third-order valence-electron chi connectivity index (χ3n) is 2.48. The highest BCUT2D eigenvalue weighted by Gasteiger charge is 2.07. The molecule has 5 nitrogen and oxygen atoms in total. The molecule has 2 rings (SSSR count). The minimum atomic E-state index is -0.298. The van der Waals surface area contributed by atoms with Crippen molar-refractivity contribution in [1.82, 2.24) is 10.4 Å². The molecule has 0 spiro atoms. The van der Waals surface area contributed by atoms with E-state index in [0.29, 0.717) is 15.8 Å². The Hall–Kier alpha value is -2.21. The van der Waals surface area contributed by atoms with Gasteiger partial charge in [0.2, 0.25) is 0 Å². The molecule has 0 aliphatic carbocycles. The fourth-order valence-electron chi connectivity index (χ4n) is 1.49. The van der Waals surface area contributed by atoms with Gasteiger partial charge in [-0.3, -0.25) is 9.78 Å². The smallest absolute Gasteiger partial charge is 0.271 e. The van der Waals surface area contributed by atoms with Crippen LogP contribution in [0, 0.1) is 0 Å². The fourth-order valence-corrected chi connectivity index (χ4v) is 2.03. The number of nitrogens with one attached hydrogen (secondary N) is 1. The van der Waals surface area contributed by atoms with Gasteiger partial charge < -0.3 is 4.74 Å². The van der Waals surface area contributed by atoms with Gasteiger partial charge >= 0.3 is 0 Å². The summed E-state index contributed by atoms with van der Waals surface area (Å²) in [6, 6.07) is 8.69. The van der Waals surface area contributed by atoms with Gasteiger partial charge in [-0.05, 0) is 40.2 Å². The monoisotopic (exact) mass is 333 g/mol. The quantitative estimate of drug-likeness (QED) is 0.691. The summed E-state index contributed by atoms with van der Waals surface area (Å²) in [4.78, 5) is 15.8. The zero-order valence-corrected chi connectivity index (χ0v) is 12.3. The minimum Gasteiger partial charge on any atom is -0.496 e. The molecule has 1 aromatic carbocycles. The van der Waals surface area contributed by atoms with Gasteiger partial charge in [-0.25, -0.2) is 5.43 Å². The molecule has 1 N–H and O–H groups in total. The lowest BCUT2D eigenvalue weighted by atomic mass is 10.2. The second kappa shape index (κ2) is 6.81. The van der Waals surface area contributed by atoms with E-state index in [2.05, 4.69) is 31.4 Å². The van der Waals surface area contributed by atoms with Crippen molar-refractivity contribution in [2.24, 2.45) is 5.10 Å². The highest BCUT2D eigenvalue weighted by molar-refractivity contribution is 9.10. The van der Waals surface area contributed by atoms with E-state index in [1.54, 1.807) is 43.8 Å². The van der Waals surface area contributed by atoms with Crippen molar-refractivity contribution < 1.29 is 9.53 Å². The number of rotatable bonds is 4. The molecule has 6 heteroatoms. The molecule has 0 atom stereocenters. The molecule has 0 saturated heterocycles. The highest BCUT2D eigenvalue weighted by atomic mass is 79.9. The van der Waals surface area contributed by atoms with E-state index in [1.807, 2.05) is 6.07 Å². The first-order chi connectivity index (χ1) is 9.70. The second-order valence-corrected chi connectivity index (χ2v) is 4.69. The van der Waals surface area contributed by atoms with Crippen molar-refractivity contribution in [3.05, 3.63) is 58.3 Å². The number of hydrogen-bond acceptors (Lipinski definition) is 4. The standard InChI is InChI=1S/C14H12BrN3O2/c1-20-13-5-4-11(7-12(13)15)14(19)18-17-9-10-3-2-6-16-8-10/h2-9H,1H3,(H,18,19)/b17-9-. The zero-order valence-electron chi connectivity index (χ0n) is 10.7. The van der Waals surface area contributed by atoms with Crippen LogP contribution in [0.15, 0.2) is 52.3 Å². The normalized spacial score (nSPS) is 10.5. The molecule has 0 fully saturated rings. The lowest BCUT2D eigenvalue weighted by Crippen LogP contribution is -2.17. The molecule has 0 aliphatic rings. The number of nitrogens with zero attached hydrogens (tertiary/aromatic N) is 2. The number of hydrogen-bond donors (Lipinski definition) is 1. The van der Waals surface area contributed by atoms with Crippen LogP contribution < -0.4 is 10.2 Å². The Morgan fingerprint density at radius 1 is 1.45 bits per heavy atom. The average Bonchev–Trinajstić information content (AvgIpc) is 2.48. The predicted molar refractivity (Wildman–Crippen MR) is 80.0 cm³/mol. The third kappa shape index (κ3) is 3.64. The number of hydrazone groups is 1. The van der Waals surface area contributed by atoms with Crippen LogP contribution in [0.25, 0.3) is 0 Å². The maximum atomic E-state index is 11.9. The molecule has 0 saturated carbocycles. The second-order valence-electron chi connectivity index (χ2n) is 3.83. The molecular formula is C14H12BrN3O2. The molecule has 0 unspecified atom stereocenters. The number of carbonyl (C=O) groups is 1. The molecule has 2 aromatic rings. The van der Waals surface area contributed by atoms with E-state index < -0.39 is 0 Å². The Morgan fingerprint density at radius 3 is 2.95 bits per heavy atom. The molecule has 1 heterocycles. The Kier molecular flexibility index (Phi) is 4.84. The first-order valence-electron chi connectivity index (χ1n) is 5.77. The SMILES string of the molecule is COc1ccc(C(=O)N/N=C\c2cccnc2)cc1Br. The minimum absolute atomic E-state index is 0.298. The van der Waals surface area contributed by atoms with Crippen molar-refractivity contribution in [2.75, 3.05) is 7.11 Å². The highest BCUT2D eigenvalue weighted by Crippen LogP contribution is 2.25. The van der Waals surface area contributed by atoms with Gasteiger partial charge in [-0.15, -0.1) is 0 Å². The summed E-state index contributed by atoms with van der Waals surface area (Å²) in [5.74, 6) is 0.369. The molecule has 0 aliphatic heterocycles. The van der Waals surface area contributed by atoms with Crippen LogP contribution in [-0.4, -0.2) is 24.2 Å². The van der Waals surface area contributed by atoms with Crippen LogP contribution in [0.3, 0.4) is 0 Å². The van der Waals surface area contributed by atoms with Crippen LogP contribution in [0.2, 0.25) is 0 Å². The molecule has 20 heavy (non-hydrogen) atoms. The summed E-state index contributed by atoms with van der Waals surface area (Å²) in [6.45, 7) is 0. The molecule has 1 aromatic heterocycles. The van der Waals surface area contributed by atoms with Crippen LogP contribution >= 0.6 is 15.9 Å². The first-order valence-corrected chi connectivity index (χ1v) is 6.57. The number of aromatic nitrogens is 1. The number of ether oxygens (including phenoxy) is 1. The summed E-state index contributed by atoms with van der Waals surface area (Å²) in [5, 5.41) is 3.88. The predicted octanol–water partition coefficient (Wildman–Crippen LogP) is 2.62. The number of amides is 1. The van der Waals surface area contributed by atoms with Gasteiger partial charge in [0.05, 0.1) is 17.8 Å². The summed E-state index contributed by atoms with van der Waals surface area (Å²) in [6.07, 6.45) is 4.86. The Bertz CT molecular complexity index is 630. The van der Waals surface area contributed by atoms with E-state index in [9.17, 15) is 4.79 Å². The van der Waals surface area contributed by atoms with Crippen LogP contribution in [-0.2, 0) is 0 Å². The first kappa shape index (κ1) is 14.2. The maximum Gasteiger partial charge on any atom is 0.271 e. The molecule has 0 bridgehead atoms. The number of halogens is 1. The lowest BCUT2D eigenvalue weighted by Gasteiger charge is -2.05. The van der Waals surface area contributed by atoms with E-state index in [1.165, 1.54) is 6.21 Å². The number of carbonyl (C=O) groups excluding carboxylic acids is 1. The van der Waals surface area contributed by atoms with Gasteiger partial charge in [-0.1, -0.05) is 6.07 Å². The van der Waals surface area contributed by atoms with Crippen molar-refractivity contribution in [2.45, 2.75) is 0 Å². The Balaban J connectivity index is 2.02. The van der Waals surface area contributed by atoms with Gasteiger partial charge in [0.25, 0.3) is 5.91 Å². The average molecular weight is 334 g/mol. The molecule has 102 valence electrons. The number of pyridine rings is 1. The molecule has 1 amide bonds. The zero-order chi connectivity index (χ0) is 14.4. The number of methoxy groups -OCH3 is 1. The van der Waals surface area contributed by atoms with Crippen molar-refractivity contribution >= 4 is 28.1 Å². The largest absolute Gasteiger partial charge is 0.496 e. The van der Waals surface area contributed by atoms with Crippen molar-refractivity contribution in [1.29, 1.82) is 0 Å². The van der Waals surface area contributed by atoms with Gasteiger partial charge in [0.15, 0.2) is 0 Å². The van der Waals surface area contributed by atoms with Crippen LogP contribution in [0.5, 0.6) is 5.75 Å². The van der Waals surface area contributed by atoms with E-state index >= 15 is 0 Å². The van der Waals surface area contributed by atoms with Gasteiger partial charge in [-0.2, -0.15) is 5.10 Å². The molecular weight excluding hydrogens is 322 g/mol. The van der Waals surface area contributed by atoms with E-state index in [-0.39, 0.29) is 5.91 Å². The Labute approximate surface area is 124 Å². The fraction of sp³-hybridized carbons (Fsp3) is 0.0714. The van der Waals surface area contributed by atoms with Crippen LogP contribution in [0.1, 0.15) is 15.9 Å². The summed E-state index contributed by atoms with van der Waals surface area (Å²) >= 11 is 3.33. The maximum absolute atomic E-state index is 11.9. The van der Waals surface area contributed by atoms with E-state index in [4.69, 9.17) is 4.74 Å². The van der Waals surface area contributed by atoms with Gasteiger partial charge in [0, 0.05) is 23.5 Å². The number of benzene rings is 1. The van der Waals surface area contributed by atoms with Crippen LogP contribution in [0.4, 0.5) is 0 Å². The summed E-state index contributed by atoms with van der Waals surface area (Å²) < 4.78 is 5.82. The topological polar surface area (TPSA) is 63.6 Å².